The lowest BCUT2D eigenvalue weighted by atomic mass is 9.82. The van der Waals surface area contributed by atoms with Gasteiger partial charge in [0.1, 0.15) is 17.0 Å². The molecular weight excluding hydrogens is 620 g/mol. The van der Waals surface area contributed by atoms with Crippen molar-refractivity contribution in [2.75, 3.05) is 26.8 Å². The summed E-state index contributed by atoms with van der Waals surface area (Å²) < 4.78 is 10.5. The van der Waals surface area contributed by atoms with Crippen LogP contribution < -0.4 is 20.7 Å². The summed E-state index contributed by atoms with van der Waals surface area (Å²) in [4.78, 5) is 42.8. The maximum absolute atomic E-state index is 14.3. The first-order chi connectivity index (χ1) is 23.7. The zero-order valence-corrected chi connectivity index (χ0v) is 29.0. The number of carbonyl (C=O) groups is 3. The fourth-order valence-electron chi connectivity index (χ4n) is 6.20. The minimum absolute atomic E-state index is 0.171. The third-order valence-electron chi connectivity index (χ3n) is 9.20. The molecule has 4 atom stereocenters. The SMILES string of the molecule is CCOC(=O)N[C@]1(C(C)CC)CCN(/C(=C/Cc2ccccc2)C(=O)N[C@@H](Cc2ccccc2)[C@@H](O)CNCc2cccc(OC)c2)C1=O. The van der Waals surface area contributed by atoms with E-state index < -0.39 is 29.7 Å². The predicted octanol–water partition coefficient (Wildman–Crippen LogP) is 4.76. The van der Waals surface area contributed by atoms with Crippen LogP contribution in [0, 0.1) is 5.92 Å². The second-order valence-electron chi connectivity index (χ2n) is 12.4. The van der Waals surface area contributed by atoms with Crippen LogP contribution in [0.2, 0.25) is 0 Å². The molecular formula is C39H50N4O6. The molecule has 49 heavy (non-hydrogen) atoms. The van der Waals surface area contributed by atoms with E-state index in [0.29, 0.717) is 32.2 Å². The van der Waals surface area contributed by atoms with Gasteiger partial charge in [0.15, 0.2) is 0 Å². The Hall–Kier alpha value is -4.67. The maximum atomic E-state index is 14.3. The van der Waals surface area contributed by atoms with Crippen LogP contribution in [-0.2, 0) is 33.7 Å². The van der Waals surface area contributed by atoms with E-state index in [1.165, 1.54) is 4.90 Å². The molecule has 1 unspecified atom stereocenters. The molecule has 10 heteroatoms. The quantitative estimate of drug-likeness (QED) is 0.153. The van der Waals surface area contributed by atoms with Gasteiger partial charge in [0, 0.05) is 19.6 Å². The number of likely N-dealkylation sites (tertiary alicyclic amines) is 1. The summed E-state index contributed by atoms with van der Waals surface area (Å²) in [5.74, 6) is -0.302. The molecule has 10 nitrogen and oxygen atoms in total. The smallest absolute Gasteiger partial charge is 0.407 e. The lowest BCUT2D eigenvalue weighted by molar-refractivity contribution is -0.135. The standard InChI is InChI=1S/C39H50N4O6/c1-5-28(3)39(42-38(47)49-6-2)22-23-43(37(39)46)34(21-20-29-14-9-7-10-15-29)36(45)41-33(25-30-16-11-8-12-17-30)35(44)27-40-26-31-18-13-19-32(24-31)48-4/h7-19,21,24,28,33,35,40,44H,5-6,20,22-23,25-27H2,1-4H3,(H,41,45)(H,42,47)/b34-21+/t28?,33-,35-,39-/m0/s1. The first-order valence-corrected chi connectivity index (χ1v) is 17.1. The third-order valence-corrected chi connectivity index (χ3v) is 9.20. The number of allylic oxidation sites excluding steroid dienone is 1. The van der Waals surface area contributed by atoms with Crippen molar-refractivity contribution in [2.45, 2.75) is 70.7 Å². The van der Waals surface area contributed by atoms with Gasteiger partial charge in [-0.15, -0.1) is 0 Å². The molecule has 1 saturated heterocycles. The van der Waals surface area contributed by atoms with Crippen molar-refractivity contribution in [1.29, 1.82) is 0 Å². The molecule has 3 aromatic rings. The number of nitrogens with zero attached hydrogens (tertiary/aromatic N) is 1. The fraction of sp³-hybridized carbons (Fsp3) is 0.410. The molecule has 1 heterocycles. The molecule has 4 rings (SSSR count). The van der Waals surface area contributed by atoms with E-state index in [1.54, 1.807) is 20.1 Å². The van der Waals surface area contributed by atoms with Gasteiger partial charge in [0.05, 0.1) is 25.9 Å². The summed E-state index contributed by atoms with van der Waals surface area (Å²) >= 11 is 0. The summed E-state index contributed by atoms with van der Waals surface area (Å²) in [6, 6.07) is 26.3. The average molecular weight is 671 g/mol. The second kappa shape index (κ2) is 18.2. The first-order valence-electron chi connectivity index (χ1n) is 17.1. The fourth-order valence-corrected chi connectivity index (χ4v) is 6.20. The molecule has 3 aromatic carbocycles. The van der Waals surface area contributed by atoms with Crippen LogP contribution in [0.3, 0.4) is 0 Å². The van der Waals surface area contributed by atoms with E-state index in [1.807, 2.05) is 98.8 Å². The maximum Gasteiger partial charge on any atom is 0.407 e. The number of hydrogen-bond donors (Lipinski definition) is 4. The topological polar surface area (TPSA) is 129 Å². The molecule has 1 aliphatic rings. The Labute approximate surface area is 289 Å². The minimum atomic E-state index is -1.22. The number of nitrogens with one attached hydrogen (secondary N) is 3. The van der Waals surface area contributed by atoms with Crippen molar-refractivity contribution >= 4 is 17.9 Å². The number of aliphatic hydroxyl groups is 1. The summed E-state index contributed by atoms with van der Waals surface area (Å²) in [6.45, 7) is 6.71. The predicted molar refractivity (Wildman–Crippen MR) is 190 cm³/mol. The number of rotatable bonds is 17. The Bertz CT molecular complexity index is 1550. The van der Waals surface area contributed by atoms with Crippen LogP contribution >= 0.6 is 0 Å². The number of amides is 3. The Morgan fingerprint density at radius 1 is 0.980 bits per heavy atom. The lowest BCUT2D eigenvalue weighted by Crippen LogP contribution is -2.58. The molecule has 0 spiro atoms. The lowest BCUT2D eigenvalue weighted by Gasteiger charge is -2.34. The van der Waals surface area contributed by atoms with E-state index in [2.05, 4.69) is 16.0 Å². The highest BCUT2D eigenvalue weighted by molar-refractivity contribution is 6.02. The summed E-state index contributed by atoms with van der Waals surface area (Å²) in [5, 5.41) is 20.7. The number of carbonyl (C=O) groups excluding carboxylic acids is 3. The van der Waals surface area contributed by atoms with Crippen LogP contribution in [0.1, 0.15) is 50.3 Å². The largest absolute Gasteiger partial charge is 0.497 e. The molecule has 1 fully saturated rings. The van der Waals surface area contributed by atoms with Gasteiger partial charge in [-0.3, -0.25) is 9.59 Å². The Balaban J connectivity index is 1.60. The zero-order chi connectivity index (χ0) is 35.2. The number of alkyl carbamates (subject to hydrolysis) is 1. The van der Waals surface area contributed by atoms with E-state index in [0.717, 1.165) is 22.4 Å². The van der Waals surface area contributed by atoms with Crippen molar-refractivity contribution < 1.29 is 29.0 Å². The van der Waals surface area contributed by atoms with Gasteiger partial charge in [0.25, 0.3) is 11.8 Å². The van der Waals surface area contributed by atoms with Crippen molar-refractivity contribution in [1.82, 2.24) is 20.9 Å². The van der Waals surface area contributed by atoms with Gasteiger partial charge in [-0.25, -0.2) is 4.79 Å². The molecule has 0 aliphatic carbocycles. The summed E-state index contributed by atoms with van der Waals surface area (Å²) in [6.07, 6.45) is 1.87. The molecule has 0 radical (unpaired) electrons. The highest BCUT2D eigenvalue weighted by Crippen LogP contribution is 2.35. The normalized spacial score (nSPS) is 18.0. The van der Waals surface area contributed by atoms with E-state index >= 15 is 0 Å². The van der Waals surface area contributed by atoms with Crippen molar-refractivity contribution in [2.24, 2.45) is 5.92 Å². The van der Waals surface area contributed by atoms with Crippen LogP contribution in [0.4, 0.5) is 4.79 Å². The van der Waals surface area contributed by atoms with Gasteiger partial charge in [-0.05, 0) is 60.9 Å². The van der Waals surface area contributed by atoms with E-state index in [-0.39, 0.29) is 37.2 Å². The van der Waals surface area contributed by atoms with Gasteiger partial charge in [-0.1, -0.05) is 99.1 Å². The Kier molecular flexibility index (Phi) is 13.8. The molecule has 3 amide bonds. The Morgan fingerprint density at radius 2 is 1.65 bits per heavy atom. The van der Waals surface area contributed by atoms with Gasteiger partial charge in [-0.2, -0.15) is 0 Å². The van der Waals surface area contributed by atoms with Crippen molar-refractivity contribution in [3.05, 3.63) is 113 Å². The molecule has 262 valence electrons. The molecule has 0 saturated carbocycles. The second-order valence-corrected chi connectivity index (χ2v) is 12.4. The molecule has 0 bridgehead atoms. The number of aliphatic hydroxyl groups excluding tert-OH is 1. The number of benzene rings is 3. The number of hydrogen-bond acceptors (Lipinski definition) is 7. The highest BCUT2D eigenvalue weighted by Gasteiger charge is 2.52. The first kappa shape index (κ1) is 37.2. The van der Waals surface area contributed by atoms with Gasteiger partial charge in [0.2, 0.25) is 0 Å². The van der Waals surface area contributed by atoms with E-state index in [4.69, 9.17) is 9.47 Å². The molecule has 4 N–H and O–H groups in total. The molecule has 0 aromatic heterocycles. The van der Waals surface area contributed by atoms with Crippen molar-refractivity contribution in [3.63, 3.8) is 0 Å². The number of ether oxygens (including phenoxy) is 2. The van der Waals surface area contributed by atoms with Gasteiger partial charge >= 0.3 is 6.09 Å². The van der Waals surface area contributed by atoms with Crippen LogP contribution in [0.25, 0.3) is 0 Å². The van der Waals surface area contributed by atoms with Gasteiger partial charge < -0.3 is 35.4 Å². The van der Waals surface area contributed by atoms with E-state index in [9.17, 15) is 19.5 Å². The average Bonchev–Trinajstić information content (AvgIpc) is 3.44. The zero-order valence-electron chi connectivity index (χ0n) is 29.0. The Morgan fingerprint density at radius 3 is 2.31 bits per heavy atom. The number of methoxy groups -OCH3 is 1. The summed E-state index contributed by atoms with van der Waals surface area (Å²) in [7, 11) is 1.62. The van der Waals surface area contributed by atoms with Crippen molar-refractivity contribution in [3.8, 4) is 5.75 Å². The van der Waals surface area contributed by atoms with Crippen LogP contribution in [-0.4, -0.2) is 72.4 Å². The van der Waals surface area contributed by atoms with Crippen LogP contribution in [0.15, 0.2) is 96.7 Å². The minimum Gasteiger partial charge on any atom is -0.497 e. The monoisotopic (exact) mass is 670 g/mol. The molecule has 1 aliphatic heterocycles. The third kappa shape index (κ3) is 9.93. The highest BCUT2D eigenvalue weighted by atomic mass is 16.5. The van der Waals surface area contributed by atoms with Crippen LogP contribution in [0.5, 0.6) is 5.75 Å². The summed E-state index contributed by atoms with van der Waals surface area (Å²) in [5.41, 5.74) is 1.87.